The van der Waals surface area contributed by atoms with Crippen molar-refractivity contribution in [2.45, 2.75) is 13.8 Å². The summed E-state index contributed by atoms with van der Waals surface area (Å²) in [6.45, 7) is 7.60. The third kappa shape index (κ3) is 3.50. The molecule has 0 unspecified atom stereocenters. The molecule has 4 aromatic heterocycles. The van der Waals surface area contributed by atoms with Gasteiger partial charge in [0, 0.05) is 55.2 Å². The van der Waals surface area contributed by atoms with Gasteiger partial charge < -0.3 is 24.7 Å². The molecule has 0 amide bonds. The Labute approximate surface area is 185 Å². The van der Waals surface area contributed by atoms with E-state index in [1.165, 1.54) is 0 Å². The molecule has 0 saturated carbocycles. The van der Waals surface area contributed by atoms with Gasteiger partial charge in [-0.05, 0) is 37.6 Å². The number of rotatable bonds is 5. The van der Waals surface area contributed by atoms with Gasteiger partial charge in [0.2, 0.25) is 5.95 Å². The fraction of sp³-hybridized carbons (Fsp3) is 0.304. The molecule has 0 aromatic carbocycles. The summed E-state index contributed by atoms with van der Waals surface area (Å²) in [5, 5.41) is 6.70. The third-order valence-corrected chi connectivity index (χ3v) is 5.91. The first kappa shape index (κ1) is 19.0. The monoisotopic (exact) mass is 428 g/mol. The second kappa shape index (κ2) is 7.16. The molecule has 6 rings (SSSR count). The minimum Gasteiger partial charge on any atom is -0.380 e. The van der Waals surface area contributed by atoms with Crippen molar-refractivity contribution in [3.8, 4) is 0 Å². The Bertz CT molecular complexity index is 1280. The molecule has 2 aliphatic heterocycles. The Morgan fingerprint density at radius 1 is 0.938 bits per heavy atom. The van der Waals surface area contributed by atoms with Crippen LogP contribution in [-0.4, -0.2) is 50.6 Å². The summed E-state index contributed by atoms with van der Waals surface area (Å²) in [5.41, 5.74) is 4.17. The normalized spacial score (nSPS) is 16.6. The van der Waals surface area contributed by atoms with Gasteiger partial charge >= 0.3 is 0 Å². The van der Waals surface area contributed by atoms with Gasteiger partial charge in [0.25, 0.3) is 0 Å². The van der Waals surface area contributed by atoms with Gasteiger partial charge in [-0.1, -0.05) is 0 Å². The van der Waals surface area contributed by atoms with Crippen molar-refractivity contribution in [1.82, 2.24) is 24.3 Å². The van der Waals surface area contributed by atoms with Crippen LogP contribution in [-0.2, 0) is 4.74 Å². The number of hydrogen-bond donors (Lipinski definition) is 2. The van der Waals surface area contributed by atoms with Crippen LogP contribution in [0.25, 0.3) is 5.65 Å². The van der Waals surface area contributed by atoms with E-state index in [2.05, 4.69) is 32.4 Å². The summed E-state index contributed by atoms with van der Waals surface area (Å²) in [4.78, 5) is 20.7. The molecule has 0 atom stereocenters. The molecule has 4 aromatic rings. The number of hydrogen-bond acceptors (Lipinski definition) is 8. The quantitative estimate of drug-likeness (QED) is 0.499. The largest absolute Gasteiger partial charge is 0.380 e. The average molecular weight is 429 g/mol. The first-order valence-corrected chi connectivity index (χ1v) is 10.7. The van der Waals surface area contributed by atoms with E-state index in [9.17, 15) is 0 Å². The van der Waals surface area contributed by atoms with Crippen molar-refractivity contribution in [2.75, 3.05) is 41.8 Å². The maximum Gasteiger partial charge on any atom is 0.232 e. The average Bonchev–Trinajstić information content (AvgIpc) is 3.12. The van der Waals surface area contributed by atoms with Crippen molar-refractivity contribution in [2.24, 2.45) is 5.41 Å². The maximum absolute atomic E-state index is 5.42. The van der Waals surface area contributed by atoms with Crippen LogP contribution < -0.4 is 15.5 Å². The standard InChI is InChI=1S/C23H24N8O/c1-15-7-16(2)25-18(8-15)27-22-28-19(26-17-3-5-30-6-4-24-20(30)9-17)10-21(29-22)31-11-23(12-31)13-32-14-23/h3-10H,11-14H2,1-2H3,(H2,25,26,27,28,29). The first-order chi connectivity index (χ1) is 15.5. The van der Waals surface area contributed by atoms with E-state index in [0.29, 0.717) is 17.2 Å². The fourth-order valence-corrected chi connectivity index (χ4v) is 4.37. The summed E-state index contributed by atoms with van der Waals surface area (Å²) in [6.07, 6.45) is 5.68. The van der Waals surface area contributed by atoms with Crippen molar-refractivity contribution in [3.05, 3.63) is 60.2 Å². The van der Waals surface area contributed by atoms with E-state index in [1.54, 1.807) is 6.20 Å². The highest BCUT2D eigenvalue weighted by Gasteiger charge is 2.49. The zero-order chi connectivity index (χ0) is 21.7. The Hall–Kier alpha value is -3.72. The van der Waals surface area contributed by atoms with E-state index in [4.69, 9.17) is 14.7 Å². The Balaban J connectivity index is 1.32. The molecular formula is C23H24N8O. The lowest BCUT2D eigenvalue weighted by molar-refractivity contribution is -0.127. The molecule has 32 heavy (non-hydrogen) atoms. The van der Waals surface area contributed by atoms with Crippen LogP contribution in [0, 0.1) is 19.3 Å². The van der Waals surface area contributed by atoms with Crippen LogP contribution in [0.4, 0.5) is 29.1 Å². The zero-order valence-corrected chi connectivity index (χ0v) is 18.0. The molecule has 2 saturated heterocycles. The van der Waals surface area contributed by atoms with Gasteiger partial charge in [-0.25, -0.2) is 9.97 Å². The topological polar surface area (TPSA) is 92.5 Å². The molecule has 2 aliphatic rings. The van der Waals surface area contributed by atoms with E-state index >= 15 is 0 Å². The SMILES string of the molecule is Cc1cc(C)nc(Nc2nc(Nc3ccn4ccnc4c3)cc(N3CC4(COC4)C3)n2)c1. The minimum atomic E-state index is 0.299. The fourth-order valence-electron chi connectivity index (χ4n) is 4.37. The highest BCUT2D eigenvalue weighted by molar-refractivity contribution is 5.66. The number of anilines is 5. The predicted molar refractivity (Wildman–Crippen MR) is 123 cm³/mol. The van der Waals surface area contributed by atoms with E-state index in [-0.39, 0.29) is 0 Å². The van der Waals surface area contributed by atoms with Crippen LogP contribution in [0.1, 0.15) is 11.3 Å². The van der Waals surface area contributed by atoms with Gasteiger partial charge in [-0.15, -0.1) is 0 Å². The molecule has 9 nitrogen and oxygen atoms in total. The summed E-state index contributed by atoms with van der Waals surface area (Å²) in [7, 11) is 0. The molecule has 2 N–H and O–H groups in total. The molecule has 0 bridgehead atoms. The van der Waals surface area contributed by atoms with Crippen molar-refractivity contribution >= 4 is 34.7 Å². The number of nitrogens with zero attached hydrogens (tertiary/aromatic N) is 6. The number of ether oxygens (including phenoxy) is 1. The lowest BCUT2D eigenvalue weighted by Crippen LogP contribution is -2.66. The highest BCUT2D eigenvalue weighted by atomic mass is 16.5. The van der Waals surface area contributed by atoms with Gasteiger partial charge in [-0.3, -0.25) is 0 Å². The van der Waals surface area contributed by atoms with Crippen molar-refractivity contribution < 1.29 is 4.74 Å². The zero-order valence-electron chi connectivity index (χ0n) is 18.0. The molecule has 0 radical (unpaired) electrons. The number of fused-ring (bicyclic) bond motifs is 1. The molecule has 1 spiro atoms. The predicted octanol–water partition coefficient (Wildman–Crippen LogP) is 3.46. The third-order valence-electron chi connectivity index (χ3n) is 5.91. The molecule has 0 aliphatic carbocycles. The number of pyridine rings is 2. The summed E-state index contributed by atoms with van der Waals surface area (Å²) in [6, 6.07) is 10.0. The van der Waals surface area contributed by atoms with Crippen LogP contribution in [0.15, 0.2) is 48.9 Å². The van der Waals surface area contributed by atoms with Crippen LogP contribution >= 0.6 is 0 Å². The molecule has 2 fully saturated rings. The van der Waals surface area contributed by atoms with Gasteiger partial charge in [0.05, 0.1) is 18.6 Å². The summed E-state index contributed by atoms with van der Waals surface area (Å²) in [5.74, 6) is 2.84. The minimum absolute atomic E-state index is 0.299. The van der Waals surface area contributed by atoms with E-state index < -0.39 is 0 Å². The molecule has 162 valence electrons. The number of imidazole rings is 1. The van der Waals surface area contributed by atoms with Gasteiger partial charge in [0.1, 0.15) is 23.1 Å². The molecule has 9 heteroatoms. The first-order valence-electron chi connectivity index (χ1n) is 10.7. The van der Waals surface area contributed by atoms with E-state index in [0.717, 1.165) is 60.5 Å². The van der Waals surface area contributed by atoms with Crippen LogP contribution in [0.5, 0.6) is 0 Å². The Morgan fingerprint density at radius 2 is 1.78 bits per heavy atom. The molecule has 6 heterocycles. The lowest BCUT2D eigenvalue weighted by Gasteiger charge is -2.55. The second-order valence-corrected chi connectivity index (χ2v) is 8.81. The van der Waals surface area contributed by atoms with Crippen molar-refractivity contribution in [3.63, 3.8) is 0 Å². The highest BCUT2D eigenvalue weighted by Crippen LogP contribution is 2.40. The number of nitrogens with one attached hydrogen (secondary N) is 2. The van der Waals surface area contributed by atoms with Crippen LogP contribution in [0.2, 0.25) is 0 Å². The van der Waals surface area contributed by atoms with E-state index in [1.807, 2.05) is 54.0 Å². The smallest absolute Gasteiger partial charge is 0.232 e. The summed E-state index contributed by atoms with van der Waals surface area (Å²) < 4.78 is 7.39. The Kier molecular flexibility index (Phi) is 4.25. The van der Waals surface area contributed by atoms with Gasteiger partial charge in [-0.2, -0.15) is 9.97 Å². The van der Waals surface area contributed by atoms with Gasteiger partial charge in [0.15, 0.2) is 0 Å². The maximum atomic E-state index is 5.42. The van der Waals surface area contributed by atoms with Crippen LogP contribution in [0.3, 0.4) is 0 Å². The summed E-state index contributed by atoms with van der Waals surface area (Å²) >= 11 is 0. The molecular weight excluding hydrogens is 404 g/mol. The lowest BCUT2D eigenvalue weighted by atomic mass is 9.78. The number of aryl methyl sites for hydroxylation is 2. The van der Waals surface area contributed by atoms with Crippen molar-refractivity contribution in [1.29, 1.82) is 0 Å². The second-order valence-electron chi connectivity index (χ2n) is 8.81. The number of aromatic nitrogens is 5. The Morgan fingerprint density at radius 3 is 2.56 bits per heavy atom.